The minimum atomic E-state index is -0.0889. The molecule has 1 heterocycles. The summed E-state index contributed by atoms with van der Waals surface area (Å²) in [6, 6.07) is 17.1. The SMILES string of the molecule is COc1ccc(CCNC(=O)Cc2cc(-c3cccc(OC)c3)on2)cc1. The second-order valence-corrected chi connectivity index (χ2v) is 6.04. The Bertz CT molecular complexity index is 887. The summed E-state index contributed by atoms with van der Waals surface area (Å²) in [6.45, 7) is 0.561. The summed E-state index contributed by atoms with van der Waals surface area (Å²) in [5.41, 5.74) is 2.58. The van der Waals surface area contributed by atoms with Gasteiger partial charge in [0.05, 0.1) is 26.3 Å². The number of carbonyl (C=O) groups excluding carboxylic acids is 1. The Hall–Kier alpha value is -3.28. The monoisotopic (exact) mass is 366 g/mol. The number of carbonyl (C=O) groups is 1. The van der Waals surface area contributed by atoms with Crippen LogP contribution in [0.25, 0.3) is 11.3 Å². The Labute approximate surface area is 158 Å². The fraction of sp³-hybridized carbons (Fsp3) is 0.238. The van der Waals surface area contributed by atoms with E-state index in [4.69, 9.17) is 14.0 Å². The molecule has 0 atom stereocenters. The first-order chi connectivity index (χ1) is 13.2. The number of rotatable bonds is 8. The van der Waals surface area contributed by atoms with E-state index in [0.29, 0.717) is 18.0 Å². The third kappa shape index (κ3) is 5.10. The highest BCUT2D eigenvalue weighted by Crippen LogP contribution is 2.24. The Morgan fingerprint density at radius 2 is 1.81 bits per heavy atom. The Morgan fingerprint density at radius 1 is 1.04 bits per heavy atom. The van der Waals surface area contributed by atoms with Gasteiger partial charge in [-0.1, -0.05) is 29.4 Å². The van der Waals surface area contributed by atoms with Gasteiger partial charge in [0.25, 0.3) is 0 Å². The van der Waals surface area contributed by atoms with Gasteiger partial charge in [0.15, 0.2) is 5.76 Å². The lowest BCUT2D eigenvalue weighted by Crippen LogP contribution is -2.27. The molecule has 1 aromatic heterocycles. The molecule has 0 saturated carbocycles. The predicted octanol–water partition coefficient (Wildman–Crippen LogP) is 3.26. The molecule has 0 fully saturated rings. The highest BCUT2D eigenvalue weighted by molar-refractivity contribution is 5.78. The molecule has 0 spiro atoms. The molecular weight excluding hydrogens is 344 g/mol. The van der Waals surface area contributed by atoms with Crippen molar-refractivity contribution in [2.45, 2.75) is 12.8 Å². The zero-order valence-electron chi connectivity index (χ0n) is 15.4. The summed E-state index contributed by atoms with van der Waals surface area (Å²) >= 11 is 0. The molecule has 0 radical (unpaired) electrons. The lowest BCUT2D eigenvalue weighted by Gasteiger charge is -2.05. The molecule has 0 aliphatic rings. The van der Waals surface area contributed by atoms with Crippen LogP contribution in [0.4, 0.5) is 0 Å². The summed E-state index contributed by atoms with van der Waals surface area (Å²) in [4.78, 5) is 12.1. The molecule has 6 heteroatoms. The van der Waals surface area contributed by atoms with Crippen molar-refractivity contribution >= 4 is 5.91 Å². The van der Waals surface area contributed by atoms with Crippen LogP contribution in [0.1, 0.15) is 11.3 Å². The molecule has 0 aliphatic heterocycles. The number of nitrogens with one attached hydrogen (secondary N) is 1. The van der Waals surface area contributed by atoms with Crippen LogP contribution >= 0.6 is 0 Å². The van der Waals surface area contributed by atoms with Crippen molar-refractivity contribution in [3.05, 3.63) is 65.9 Å². The standard InChI is InChI=1S/C21H22N2O4/c1-25-18-8-6-15(7-9-18)10-11-22-21(24)14-17-13-20(27-23-17)16-4-3-5-19(12-16)26-2/h3-9,12-13H,10-11,14H2,1-2H3,(H,22,24). The van der Waals surface area contributed by atoms with E-state index >= 15 is 0 Å². The second-order valence-electron chi connectivity index (χ2n) is 6.04. The number of benzene rings is 2. The molecular formula is C21H22N2O4. The van der Waals surface area contributed by atoms with Gasteiger partial charge < -0.3 is 19.3 Å². The molecule has 140 valence electrons. The minimum Gasteiger partial charge on any atom is -0.497 e. The number of methoxy groups -OCH3 is 2. The summed E-state index contributed by atoms with van der Waals surface area (Å²) in [6.07, 6.45) is 0.930. The predicted molar refractivity (Wildman–Crippen MR) is 102 cm³/mol. The number of nitrogens with zero attached hydrogens (tertiary/aromatic N) is 1. The zero-order valence-corrected chi connectivity index (χ0v) is 15.4. The number of amides is 1. The molecule has 3 rings (SSSR count). The van der Waals surface area contributed by atoms with Gasteiger partial charge in [-0.15, -0.1) is 0 Å². The topological polar surface area (TPSA) is 73.6 Å². The van der Waals surface area contributed by atoms with Gasteiger partial charge in [0.2, 0.25) is 5.91 Å². The molecule has 3 aromatic rings. The van der Waals surface area contributed by atoms with Crippen molar-refractivity contribution in [3.63, 3.8) is 0 Å². The van der Waals surface area contributed by atoms with Crippen LogP contribution in [0.5, 0.6) is 11.5 Å². The molecule has 1 amide bonds. The number of aromatic nitrogens is 1. The van der Waals surface area contributed by atoms with Crippen molar-refractivity contribution in [2.75, 3.05) is 20.8 Å². The largest absolute Gasteiger partial charge is 0.497 e. The van der Waals surface area contributed by atoms with Crippen molar-refractivity contribution in [2.24, 2.45) is 0 Å². The average Bonchev–Trinajstić information content (AvgIpc) is 3.17. The third-order valence-electron chi connectivity index (χ3n) is 4.15. The van der Waals surface area contributed by atoms with Crippen molar-refractivity contribution in [3.8, 4) is 22.8 Å². The maximum atomic E-state index is 12.1. The number of ether oxygens (including phenoxy) is 2. The van der Waals surface area contributed by atoms with Crippen LogP contribution in [0.2, 0.25) is 0 Å². The van der Waals surface area contributed by atoms with Crippen LogP contribution in [-0.2, 0) is 17.6 Å². The van der Waals surface area contributed by atoms with E-state index in [-0.39, 0.29) is 12.3 Å². The maximum absolute atomic E-state index is 12.1. The Kier molecular flexibility index (Phi) is 6.10. The number of hydrogen-bond acceptors (Lipinski definition) is 5. The smallest absolute Gasteiger partial charge is 0.226 e. The Balaban J connectivity index is 1.50. The van der Waals surface area contributed by atoms with Gasteiger partial charge in [-0.25, -0.2) is 0 Å². The average molecular weight is 366 g/mol. The van der Waals surface area contributed by atoms with E-state index in [2.05, 4.69) is 10.5 Å². The molecule has 0 unspecified atom stereocenters. The van der Waals surface area contributed by atoms with Gasteiger partial charge in [-0.05, 0) is 36.2 Å². The van der Waals surface area contributed by atoms with Crippen LogP contribution in [-0.4, -0.2) is 31.8 Å². The summed E-state index contributed by atoms with van der Waals surface area (Å²) in [7, 11) is 3.25. The summed E-state index contributed by atoms with van der Waals surface area (Å²) < 4.78 is 15.7. The van der Waals surface area contributed by atoms with Crippen LogP contribution in [0.15, 0.2) is 59.1 Å². The van der Waals surface area contributed by atoms with E-state index < -0.39 is 0 Å². The molecule has 0 saturated heterocycles. The normalized spacial score (nSPS) is 10.4. The van der Waals surface area contributed by atoms with Crippen LogP contribution in [0.3, 0.4) is 0 Å². The fourth-order valence-electron chi connectivity index (χ4n) is 2.67. The van der Waals surface area contributed by atoms with E-state index in [9.17, 15) is 4.79 Å². The molecule has 27 heavy (non-hydrogen) atoms. The lowest BCUT2D eigenvalue weighted by molar-refractivity contribution is -0.120. The molecule has 6 nitrogen and oxygen atoms in total. The van der Waals surface area contributed by atoms with Gasteiger partial charge in [-0.3, -0.25) is 4.79 Å². The van der Waals surface area contributed by atoms with Gasteiger partial charge in [-0.2, -0.15) is 0 Å². The van der Waals surface area contributed by atoms with Crippen LogP contribution < -0.4 is 14.8 Å². The van der Waals surface area contributed by atoms with Crippen molar-refractivity contribution in [1.29, 1.82) is 0 Å². The first-order valence-corrected chi connectivity index (χ1v) is 8.67. The maximum Gasteiger partial charge on any atom is 0.226 e. The van der Waals surface area contributed by atoms with E-state index in [0.717, 1.165) is 29.0 Å². The molecule has 0 aliphatic carbocycles. The Morgan fingerprint density at radius 3 is 2.56 bits per heavy atom. The first kappa shape index (κ1) is 18.5. The highest BCUT2D eigenvalue weighted by atomic mass is 16.5. The summed E-state index contributed by atoms with van der Waals surface area (Å²) in [5.74, 6) is 2.08. The minimum absolute atomic E-state index is 0.0889. The highest BCUT2D eigenvalue weighted by Gasteiger charge is 2.11. The lowest BCUT2D eigenvalue weighted by atomic mass is 10.1. The molecule has 2 aromatic carbocycles. The molecule has 0 bridgehead atoms. The van der Waals surface area contributed by atoms with E-state index in [1.165, 1.54) is 0 Å². The molecule has 1 N–H and O–H groups in total. The first-order valence-electron chi connectivity index (χ1n) is 8.67. The van der Waals surface area contributed by atoms with Gasteiger partial charge in [0.1, 0.15) is 11.5 Å². The second kappa shape index (κ2) is 8.89. The van der Waals surface area contributed by atoms with E-state index in [1.54, 1.807) is 20.3 Å². The van der Waals surface area contributed by atoms with Crippen LogP contribution in [0, 0.1) is 0 Å². The fourth-order valence-corrected chi connectivity index (χ4v) is 2.67. The quantitative estimate of drug-likeness (QED) is 0.662. The van der Waals surface area contributed by atoms with Gasteiger partial charge in [0, 0.05) is 18.2 Å². The number of hydrogen-bond donors (Lipinski definition) is 1. The van der Waals surface area contributed by atoms with Crippen molar-refractivity contribution < 1.29 is 18.8 Å². The summed E-state index contributed by atoms with van der Waals surface area (Å²) in [5, 5.41) is 6.89. The third-order valence-corrected chi connectivity index (χ3v) is 4.15. The van der Waals surface area contributed by atoms with E-state index in [1.807, 2.05) is 48.5 Å². The zero-order chi connectivity index (χ0) is 19.1. The van der Waals surface area contributed by atoms with Gasteiger partial charge >= 0.3 is 0 Å². The van der Waals surface area contributed by atoms with Crippen molar-refractivity contribution in [1.82, 2.24) is 10.5 Å².